The van der Waals surface area contributed by atoms with Crippen molar-refractivity contribution in [2.75, 3.05) is 12.8 Å². The van der Waals surface area contributed by atoms with Gasteiger partial charge in [-0.3, -0.25) is 4.98 Å². The average molecular weight is 281 g/mol. The largest absolute Gasteiger partial charge is 0.496 e. The molecule has 5 heteroatoms. The molecule has 1 aromatic carbocycles. The van der Waals surface area contributed by atoms with Crippen molar-refractivity contribution in [2.24, 2.45) is 0 Å². The lowest BCUT2D eigenvalue weighted by atomic mass is 10.0. The van der Waals surface area contributed by atoms with Gasteiger partial charge in [0.05, 0.1) is 12.7 Å². The molecule has 0 fully saturated rings. The Morgan fingerprint density at radius 1 is 1.10 bits per heavy atom. The number of anilines is 1. The van der Waals surface area contributed by atoms with E-state index in [-0.39, 0.29) is 0 Å². The van der Waals surface area contributed by atoms with E-state index in [2.05, 4.69) is 10.1 Å². The van der Waals surface area contributed by atoms with Crippen LogP contribution in [0.5, 0.6) is 5.75 Å². The summed E-state index contributed by atoms with van der Waals surface area (Å²) in [6, 6.07) is 9.60. The number of aromatic nitrogens is 2. The van der Waals surface area contributed by atoms with Crippen molar-refractivity contribution in [3.63, 3.8) is 0 Å². The highest BCUT2D eigenvalue weighted by atomic mass is 16.5. The van der Waals surface area contributed by atoms with E-state index in [4.69, 9.17) is 15.0 Å². The van der Waals surface area contributed by atoms with Crippen LogP contribution in [0.25, 0.3) is 22.5 Å². The van der Waals surface area contributed by atoms with Crippen molar-refractivity contribution in [1.82, 2.24) is 10.1 Å². The second-order valence-corrected chi connectivity index (χ2v) is 4.69. The van der Waals surface area contributed by atoms with Crippen LogP contribution in [-0.4, -0.2) is 17.3 Å². The Labute approximate surface area is 122 Å². The summed E-state index contributed by atoms with van der Waals surface area (Å²) in [6.07, 6.45) is 3.42. The summed E-state index contributed by atoms with van der Waals surface area (Å²) in [6.45, 7) is 1.99. The maximum absolute atomic E-state index is 5.95. The zero-order chi connectivity index (χ0) is 14.8. The number of rotatable bonds is 3. The quantitative estimate of drug-likeness (QED) is 0.797. The number of aryl methyl sites for hydroxylation is 1. The van der Waals surface area contributed by atoms with Crippen molar-refractivity contribution in [3.05, 3.63) is 48.3 Å². The van der Waals surface area contributed by atoms with Crippen LogP contribution in [0.2, 0.25) is 0 Å². The van der Waals surface area contributed by atoms with Gasteiger partial charge in [0.15, 0.2) is 11.6 Å². The number of nitrogens with zero attached hydrogens (tertiary/aromatic N) is 2. The Morgan fingerprint density at radius 3 is 2.57 bits per heavy atom. The highest BCUT2D eigenvalue weighted by Gasteiger charge is 2.18. The summed E-state index contributed by atoms with van der Waals surface area (Å²) in [4.78, 5) is 4.01. The molecule has 2 aromatic heterocycles. The first-order valence-corrected chi connectivity index (χ1v) is 6.51. The van der Waals surface area contributed by atoms with Crippen LogP contribution in [0.15, 0.2) is 47.2 Å². The van der Waals surface area contributed by atoms with Gasteiger partial charge < -0.3 is 15.0 Å². The molecule has 0 aliphatic rings. The Balaban J connectivity index is 2.17. The third kappa shape index (κ3) is 2.33. The van der Waals surface area contributed by atoms with E-state index in [9.17, 15) is 0 Å². The molecule has 0 saturated heterocycles. The SMILES string of the molecule is COc1cc(-c2onc(N)c2-c2ccncc2)ccc1C. The number of methoxy groups -OCH3 is 1. The summed E-state index contributed by atoms with van der Waals surface area (Å²) >= 11 is 0. The van der Waals surface area contributed by atoms with Crippen LogP contribution in [0.4, 0.5) is 5.82 Å². The lowest BCUT2D eigenvalue weighted by Gasteiger charge is -2.07. The lowest BCUT2D eigenvalue weighted by Crippen LogP contribution is -1.90. The van der Waals surface area contributed by atoms with Gasteiger partial charge >= 0.3 is 0 Å². The number of benzene rings is 1. The number of nitrogens with two attached hydrogens (primary N) is 1. The summed E-state index contributed by atoms with van der Waals surface area (Å²) < 4.78 is 10.8. The zero-order valence-corrected chi connectivity index (χ0v) is 11.8. The second-order valence-electron chi connectivity index (χ2n) is 4.69. The summed E-state index contributed by atoms with van der Waals surface area (Å²) in [5.41, 5.74) is 9.56. The molecule has 0 amide bonds. The van der Waals surface area contributed by atoms with Crippen LogP contribution < -0.4 is 10.5 Å². The standard InChI is InChI=1S/C16H15N3O2/c1-10-3-4-12(9-13(10)20-2)15-14(16(17)19-21-15)11-5-7-18-8-6-11/h3-9H,1-2H3,(H2,17,19). The van der Waals surface area contributed by atoms with Crippen LogP contribution in [0, 0.1) is 6.92 Å². The molecule has 3 aromatic rings. The lowest BCUT2D eigenvalue weighted by molar-refractivity contribution is 0.410. The number of pyridine rings is 1. The maximum Gasteiger partial charge on any atom is 0.177 e. The smallest absolute Gasteiger partial charge is 0.177 e. The van der Waals surface area contributed by atoms with Crippen LogP contribution in [0.1, 0.15) is 5.56 Å². The molecule has 0 bridgehead atoms. The summed E-state index contributed by atoms with van der Waals surface area (Å²) in [5, 5.41) is 3.89. The zero-order valence-electron chi connectivity index (χ0n) is 11.8. The predicted octanol–water partition coefficient (Wildman–Crippen LogP) is 3.30. The molecule has 2 heterocycles. The molecule has 5 nitrogen and oxygen atoms in total. The Kier molecular flexibility index (Phi) is 3.31. The van der Waals surface area contributed by atoms with Gasteiger partial charge in [0, 0.05) is 18.0 Å². The van der Waals surface area contributed by atoms with Crippen molar-refractivity contribution in [1.29, 1.82) is 0 Å². The minimum atomic E-state index is 0.357. The Hall–Kier alpha value is -2.82. The van der Waals surface area contributed by atoms with E-state index in [1.54, 1.807) is 19.5 Å². The van der Waals surface area contributed by atoms with Crippen LogP contribution >= 0.6 is 0 Å². The first kappa shape index (κ1) is 13.2. The summed E-state index contributed by atoms with van der Waals surface area (Å²) in [7, 11) is 1.64. The first-order valence-electron chi connectivity index (χ1n) is 6.51. The molecule has 0 saturated carbocycles. The number of hydrogen-bond acceptors (Lipinski definition) is 5. The molecule has 106 valence electrons. The molecule has 0 unspecified atom stereocenters. The van der Waals surface area contributed by atoms with Gasteiger partial charge in [0.1, 0.15) is 5.75 Å². The predicted molar refractivity (Wildman–Crippen MR) is 80.9 cm³/mol. The number of hydrogen-bond donors (Lipinski definition) is 1. The third-order valence-corrected chi connectivity index (χ3v) is 3.36. The van der Waals surface area contributed by atoms with E-state index in [0.717, 1.165) is 28.0 Å². The maximum atomic E-state index is 5.95. The minimum absolute atomic E-state index is 0.357. The molecule has 0 radical (unpaired) electrons. The van der Waals surface area contributed by atoms with E-state index in [0.29, 0.717) is 11.6 Å². The fourth-order valence-corrected chi connectivity index (χ4v) is 2.26. The number of ether oxygens (including phenoxy) is 1. The molecule has 2 N–H and O–H groups in total. The van der Waals surface area contributed by atoms with Crippen molar-refractivity contribution < 1.29 is 9.26 Å². The fraction of sp³-hybridized carbons (Fsp3) is 0.125. The number of nitrogen functional groups attached to an aromatic ring is 1. The van der Waals surface area contributed by atoms with Gasteiger partial charge in [-0.15, -0.1) is 0 Å². The minimum Gasteiger partial charge on any atom is -0.496 e. The van der Waals surface area contributed by atoms with E-state index in [1.807, 2.05) is 37.3 Å². The molecule has 3 rings (SSSR count). The van der Waals surface area contributed by atoms with Gasteiger partial charge in [0.2, 0.25) is 0 Å². The van der Waals surface area contributed by atoms with E-state index < -0.39 is 0 Å². The van der Waals surface area contributed by atoms with Gasteiger partial charge in [-0.1, -0.05) is 17.3 Å². The molecule has 0 aliphatic carbocycles. The van der Waals surface area contributed by atoms with E-state index >= 15 is 0 Å². The Bertz CT molecular complexity index is 766. The molecule has 0 spiro atoms. The van der Waals surface area contributed by atoms with Crippen molar-refractivity contribution in [3.8, 4) is 28.2 Å². The topological polar surface area (TPSA) is 74.2 Å². The molecule has 0 aliphatic heterocycles. The van der Waals surface area contributed by atoms with Gasteiger partial charge in [-0.2, -0.15) is 0 Å². The van der Waals surface area contributed by atoms with Gasteiger partial charge in [0.25, 0.3) is 0 Å². The van der Waals surface area contributed by atoms with Crippen LogP contribution in [0.3, 0.4) is 0 Å². The second kappa shape index (κ2) is 5.28. The molecular formula is C16H15N3O2. The molecular weight excluding hydrogens is 266 g/mol. The molecule has 21 heavy (non-hydrogen) atoms. The monoisotopic (exact) mass is 281 g/mol. The average Bonchev–Trinajstić information content (AvgIpc) is 2.90. The first-order chi connectivity index (χ1) is 10.2. The van der Waals surface area contributed by atoms with Crippen molar-refractivity contribution >= 4 is 5.82 Å². The van der Waals surface area contributed by atoms with Crippen LogP contribution in [-0.2, 0) is 0 Å². The van der Waals surface area contributed by atoms with Gasteiger partial charge in [-0.05, 0) is 36.2 Å². The normalized spacial score (nSPS) is 10.6. The molecule has 0 atom stereocenters. The van der Waals surface area contributed by atoms with Gasteiger partial charge in [-0.25, -0.2) is 0 Å². The highest BCUT2D eigenvalue weighted by Crippen LogP contribution is 2.37. The van der Waals surface area contributed by atoms with E-state index in [1.165, 1.54) is 0 Å². The van der Waals surface area contributed by atoms with Crippen molar-refractivity contribution in [2.45, 2.75) is 6.92 Å². The highest BCUT2D eigenvalue weighted by molar-refractivity contribution is 5.86. The fourth-order valence-electron chi connectivity index (χ4n) is 2.26. The Morgan fingerprint density at radius 2 is 1.86 bits per heavy atom. The summed E-state index contributed by atoms with van der Waals surface area (Å²) in [5.74, 6) is 1.77. The third-order valence-electron chi connectivity index (χ3n) is 3.36.